The molecule has 0 bridgehead atoms. The quantitative estimate of drug-likeness (QED) is 0.511. The van der Waals surface area contributed by atoms with Crippen LogP contribution in [0.25, 0.3) is 21.7 Å². The summed E-state index contributed by atoms with van der Waals surface area (Å²) in [6.45, 7) is 5.44. The first-order valence-corrected chi connectivity index (χ1v) is 9.78. The molecule has 0 aromatic carbocycles. The Kier molecular flexibility index (Phi) is 3.91. The molecule has 5 rings (SSSR count). The third kappa shape index (κ3) is 2.76. The summed E-state index contributed by atoms with van der Waals surface area (Å²) in [5.41, 5.74) is 1.52. The number of aromatic nitrogens is 5. The Hall–Kier alpha value is -2.85. The van der Waals surface area contributed by atoms with Crippen LogP contribution < -0.4 is 10.5 Å². The molecule has 0 spiro atoms. The van der Waals surface area contributed by atoms with Gasteiger partial charge in [-0.05, 0) is 14.0 Å². The fourth-order valence-corrected chi connectivity index (χ4v) is 4.42. The molecule has 28 heavy (non-hydrogen) atoms. The Balaban J connectivity index is 1.59. The summed E-state index contributed by atoms with van der Waals surface area (Å²) >= 11 is 1.34. The second-order valence-electron chi connectivity index (χ2n) is 7.02. The number of hydrogen-bond donors (Lipinski definition) is 0. The van der Waals surface area contributed by atoms with Gasteiger partial charge in [0.15, 0.2) is 22.2 Å². The summed E-state index contributed by atoms with van der Waals surface area (Å²) < 4.78 is 17.8. The second kappa shape index (κ2) is 6.35. The summed E-state index contributed by atoms with van der Waals surface area (Å²) in [7, 11) is 2.09. The molecule has 0 aliphatic carbocycles. The number of pyridine rings is 1. The van der Waals surface area contributed by atoms with Gasteiger partial charge in [0.1, 0.15) is 11.0 Å². The summed E-state index contributed by atoms with van der Waals surface area (Å²) in [5.74, 6) is -0.486. The van der Waals surface area contributed by atoms with Crippen LogP contribution in [-0.4, -0.2) is 62.0 Å². The Morgan fingerprint density at radius 3 is 2.71 bits per heavy atom. The highest BCUT2D eigenvalue weighted by Crippen LogP contribution is 2.26. The fourth-order valence-electron chi connectivity index (χ4n) is 3.42. The van der Waals surface area contributed by atoms with Crippen molar-refractivity contribution < 1.29 is 4.39 Å². The molecule has 10 heteroatoms. The van der Waals surface area contributed by atoms with Gasteiger partial charge in [-0.25, -0.2) is 14.4 Å². The van der Waals surface area contributed by atoms with Crippen molar-refractivity contribution in [3.05, 3.63) is 46.7 Å². The first-order chi connectivity index (χ1) is 13.5. The van der Waals surface area contributed by atoms with Crippen molar-refractivity contribution in [2.45, 2.75) is 6.92 Å². The monoisotopic (exact) mass is 399 g/mol. The van der Waals surface area contributed by atoms with Gasteiger partial charge in [-0.15, -0.1) is 0 Å². The highest BCUT2D eigenvalue weighted by Gasteiger charge is 2.20. The molecule has 4 aromatic rings. The topological polar surface area (TPSA) is 71.6 Å². The van der Waals surface area contributed by atoms with Gasteiger partial charge in [0, 0.05) is 44.6 Å². The molecule has 4 aromatic heterocycles. The minimum atomic E-state index is -0.486. The first-order valence-electron chi connectivity index (χ1n) is 8.96. The van der Waals surface area contributed by atoms with Crippen LogP contribution >= 0.6 is 11.3 Å². The standard InChI is InChI=1S/C18H18FN7OS/c1-11-8-25-9-12(7-13(19)16(25)21-11)26-10-20-15-14(17(26)27)28-18(22-15)24-5-3-23(2)4-6-24/h7-10H,3-6H2,1-2H3. The van der Waals surface area contributed by atoms with Gasteiger partial charge < -0.3 is 14.2 Å². The maximum Gasteiger partial charge on any atom is 0.277 e. The van der Waals surface area contributed by atoms with E-state index in [9.17, 15) is 9.18 Å². The minimum absolute atomic E-state index is 0.235. The van der Waals surface area contributed by atoms with Crippen LogP contribution in [0.2, 0.25) is 0 Å². The van der Waals surface area contributed by atoms with Crippen molar-refractivity contribution in [1.82, 2.24) is 28.8 Å². The van der Waals surface area contributed by atoms with Gasteiger partial charge in [-0.2, -0.15) is 4.98 Å². The second-order valence-corrected chi connectivity index (χ2v) is 8.00. The molecule has 0 N–H and O–H groups in total. The van der Waals surface area contributed by atoms with Crippen LogP contribution in [0.15, 0.2) is 29.6 Å². The molecule has 0 unspecified atom stereocenters. The number of thiazole rings is 1. The van der Waals surface area contributed by atoms with E-state index in [1.165, 1.54) is 28.3 Å². The summed E-state index contributed by atoms with van der Waals surface area (Å²) in [4.78, 5) is 30.5. The number of piperazine rings is 1. The number of aryl methyl sites for hydroxylation is 1. The van der Waals surface area contributed by atoms with Gasteiger partial charge in [-0.1, -0.05) is 11.3 Å². The number of rotatable bonds is 2. The van der Waals surface area contributed by atoms with E-state index in [1.807, 2.05) is 0 Å². The number of likely N-dealkylation sites (N-methyl/N-ethyl adjacent to an activating group) is 1. The van der Waals surface area contributed by atoms with Crippen molar-refractivity contribution in [3.8, 4) is 5.69 Å². The third-order valence-corrected chi connectivity index (χ3v) is 6.06. The van der Waals surface area contributed by atoms with E-state index in [2.05, 4.69) is 31.8 Å². The molecule has 0 amide bonds. The van der Waals surface area contributed by atoms with Crippen LogP contribution in [0, 0.1) is 12.7 Å². The average Bonchev–Trinajstić information content (AvgIpc) is 3.26. The molecule has 5 heterocycles. The highest BCUT2D eigenvalue weighted by molar-refractivity contribution is 7.22. The van der Waals surface area contributed by atoms with Crippen molar-refractivity contribution in [2.24, 2.45) is 0 Å². The van der Waals surface area contributed by atoms with Gasteiger partial charge in [0.05, 0.1) is 11.4 Å². The predicted molar refractivity (Wildman–Crippen MR) is 106 cm³/mol. The molecule has 1 aliphatic rings. The Labute approximate surface area is 163 Å². The largest absolute Gasteiger partial charge is 0.345 e. The zero-order valence-corrected chi connectivity index (χ0v) is 16.3. The Morgan fingerprint density at radius 2 is 1.93 bits per heavy atom. The Morgan fingerprint density at radius 1 is 1.14 bits per heavy atom. The maximum absolute atomic E-state index is 14.4. The molecule has 0 atom stereocenters. The van der Waals surface area contributed by atoms with Gasteiger partial charge >= 0.3 is 0 Å². The van der Waals surface area contributed by atoms with Crippen LogP contribution in [0.5, 0.6) is 0 Å². The number of imidazole rings is 1. The molecular weight excluding hydrogens is 381 g/mol. The van der Waals surface area contributed by atoms with E-state index in [1.54, 1.807) is 23.7 Å². The fraction of sp³-hybridized carbons (Fsp3) is 0.333. The number of nitrogens with zero attached hydrogens (tertiary/aromatic N) is 7. The van der Waals surface area contributed by atoms with E-state index in [0.29, 0.717) is 21.7 Å². The molecule has 1 saturated heterocycles. The SMILES string of the molecule is Cc1cn2cc(-n3cnc4nc(N5CCN(C)CC5)sc4c3=O)cc(F)c2n1. The lowest BCUT2D eigenvalue weighted by atomic mass is 10.3. The number of halogens is 1. The highest BCUT2D eigenvalue weighted by atomic mass is 32.1. The lowest BCUT2D eigenvalue weighted by molar-refractivity contribution is 0.313. The lowest BCUT2D eigenvalue weighted by Gasteiger charge is -2.31. The molecular formula is C18H18FN7OS. The van der Waals surface area contributed by atoms with Crippen molar-refractivity contribution in [1.29, 1.82) is 0 Å². The molecule has 0 radical (unpaired) electrons. The molecule has 0 saturated carbocycles. The van der Waals surface area contributed by atoms with E-state index in [-0.39, 0.29) is 11.2 Å². The maximum atomic E-state index is 14.4. The lowest BCUT2D eigenvalue weighted by Crippen LogP contribution is -2.44. The number of fused-ring (bicyclic) bond motifs is 2. The smallest absolute Gasteiger partial charge is 0.277 e. The van der Waals surface area contributed by atoms with E-state index in [0.717, 1.165) is 31.3 Å². The van der Waals surface area contributed by atoms with Crippen molar-refractivity contribution in [2.75, 3.05) is 38.1 Å². The summed E-state index contributed by atoms with van der Waals surface area (Å²) in [6.07, 6.45) is 4.80. The molecule has 1 fully saturated rings. The van der Waals surface area contributed by atoms with Crippen LogP contribution in [0.3, 0.4) is 0 Å². The number of hydrogen-bond acceptors (Lipinski definition) is 7. The van der Waals surface area contributed by atoms with Gasteiger partial charge in [-0.3, -0.25) is 9.36 Å². The van der Waals surface area contributed by atoms with Crippen LogP contribution in [-0.2, 0) is 0 Å². The molecule has 1 aliphatic heterocycles. The molecule has 8 nitrogen and oxygen atoms in total. The average molecular weight is 399 g/mol. The van der Waals surface area contributed by atoms with Crippen LogP contribution in [0.4, 0.5) is 9.52 Å². The predicted octanol–water partition coefficient (Wildman–Crippen LogP) is 1.69. The van der Waals surface area contributed by atoms with Crippen molar-refractivity contribution >= 4 is 32.5 Å². The summed E-state index contributed by atoms with van der Waals surface area (Å²) in [6, 6.07) is 1.30. The van der Waals surface area contributed by atoms with Gasteiger partial charge in [0.2, 0.25) is 0 Å². The van der Waals surface area contributed by atoms with E-state index < -0.39 is 5.82 Å². The minimum Gasteiger partial charge on any atom is -0.345 e. The van der Waals surface area contributed by atoms with E-state index in [4.69, 9.17) is 0 Å². The zero-order chi connectivity index (χ0) is 19.4. The molecule has 144 valence electrons. The van der Waals surface area contributed by atoms with E-state index >= 15 is 0 Å². The zero-order valence-electron chi connectivity index (χ0n) is 15.5. The van der Waals surface area contributed by atoms with Gasteiger partial charge in [0.25, 0.3) is 5.56 Å². The normalized spacial score (nSPS) is 15.8. The van der Waals surface area contributed by atoms with Crippen molar-refractivity contribution in [3.63, 3.8) is 0 Å². The Bertz CT molecular complexity index is 1250. The first kappa shape index (κ1) is 17.3. The third-order valence-electron chi connectivity index (χ3n) is 4.97. The van der Waals surface area contributed by atoms with Crippen LogP contribution in [0.1, 0.15) is 5.69 Å². The summed E-state index contributed by atoms with van der Waals surface area (Å²) in [5, 5.41) is 0.803. The number of anilines is 1.